The van der Waals surface area contributed by atoms with Gasteiger partial charge in [-0.2, -0.15) is 18.6 Å². The number of allylic oxidation sites excluding steroid dienone is 4. The summed E-state index contributed by atoms with van der Waals surface area (Å²) in [6.07, 6.45) is 17.0. The van der Waals surface area contributed by atoms with E-state index in [2.05, 4.69) is 51.5 Å². The standard InChI is InChI=1S/C43H54ClN5O9S.C34H42BrN5O9S2.C14H16ClNO3.Ga/c1-6-56-34-15-14-29-35(21-37(57-26(2)3)46-39(29)38(34)44)58-28-20-32-33(50)23-43(36(51)25-59(54,55)42(4)17-18-42)22-27(43)12-10-8-7-9-11-13-31(41(53)49(32)24-28)45-40(52)30-16-19-48(5)47-30;1-33(15-16-33)51(47,48)38-32(44)34-19-22(34)8-6-4-3-5-7-9-27(36-30(42)26-14-17-39(2)37-26)31(43)40-21-24(18-28(40)29(41)20-34)49-50(45,46)25-12-10-23(35)11-13-25;1-4-18-11-6-5-9-10(17)7-12(19-8(2)3)16-14(9)13(11)15;/h10,12,14-16,19,21,26-28,31-32H,6-9,11,13,17-18,20,22-25H2,1-5H3,(H,45,52);6,8,10-14,17,22,24,27-28H,3-5,7,9,15-16,18-21H2,1-2H3,(H,36,42)(H,38,44);5-8H,4H2,1-3H3,(H,16,17);/b12-10-;8-6-;;/t27-,28-,31+,32+,43-;22-,24+,27+,28+,34-;;/m11../s1. The van der Waals surface area contributed by atoms with E-state index in [4.69, 9.17) is 51.1 Å². The van der Waals surface area contributed by atoms with E-state index < -0.39 is 139 Å². The molecule has 7 aromatic rings. The van der Waals surface area contributed by atoms with Gasteiger partial charge < -0.3 is 49.1 Å². The second-order valence-corrected chi connectivity index (χ2v) is 43.7. The van der Waals surface area contributed by atoms with Crippen LogP contribution in [-0.4, -0.2) is 221 Å². The molecule has 3 radical (unpaired) electrons. The number of sulfone groups is 1. The van der Waals surface area contributed by atoms with Crippen LogP contribution in [0.1, 0.15) is 205 Å². The number of aromatic nitrogens is 6. The van der Waals surface area contributed by atoms with E-state index in [9.17, 15) is 68.4 Å². The quantitative estimate of drug-likeness (QED) is 0.0248. The Morgan fingerprint density at radius 2 is 1.12 bits per heavy atom. The number of H-pyrrole nitrogens is 1. The summed E-state index contributed by atoms with van der Waals surface area (Å²) in [5.74, 6) is -3.49. The Labute approximate surface area is 788 Å². The number of sulfonamides is 1. The van der Waals surface area contributed by atoms with Crippen LogP contribution >= 0.6 is 39.1 Å². The third-order valence-corrected chi connectivity index (χ3v) is 32.5. The molecule has 8 aliphatic rings. The first-order valence-electron chi connectivity index (χ1n) is 44.0. The number of fused-ring (bicyclic) bond motifs is 6. The van der Waals surface area contributed by atoms with Gasteiger partial charge in [0.1, 0.15) is 68.1 Å². The summed E-state index contributed by atoms with van der Waals surface area (Å²) < 4.78 is 118. The van der Waals surface area contributed by atoms with E-state index in [0.717, 1.165) is 32.1 Å². The number of aryl methyl sites for hydroxylation is 2. The van der Waals surface area contributed by atoms with Gasteiger partial charge in [-0.25, -0.2) is 21.8 Å². The van der Waals surface area contributed by atoms with Crippen molar-refractivity contribution in [3.8, 4) is 29.0 Å². The molecule has 4 N–H and O–H groups in total. The van der Waals surface area contributed by atoms with Crippen molar-refractivity contribution in [2.24, 2.45) is 36.8 Å². The molecule has 8 heterocycles. The number of ether oxygens (including phenoxy) is 5. The minimum atomic E-state index is -4.31. The van der Waals surface area contributed by atoms with Gasteiger partial charge in [0.25, 0.3) is 21.9 Å². The largest absolute Gasteiger partial charge is 0.492 e. The third-order valence-electron chi connectivity index (χ3n) is 25.2. The Balaban J connectivity index is 0.000000196. The van der Waals surface area contributed by atoms with Crippen LogP contribution in [0.5, 0.6) is 29.0 Å². The number of Topliss-reactive ketones (excluding diaryl/α,β-unsaturated/α-hetero) is 3. The number of amides is 5. The number of hydrogen-bond acceptors (Lipinski definition) is 24. The van der Waals surface area contributed by atoms with E-state index in [0.29, 0.717) is 125 Å². The molecule has 3 aromatic carbocycles. The van der Waals surface area contributed by atoms with Crippen LogP contribution in [0, 0.1) is 22.7 Å². The second-order valence-electron chi connectivity index (χ2n) is 35.8. The second kappa shape index (κ2) is 41.3. The Bertz CT molecular complexity index is 5940. The predicted octanol–water partition coefficient (Wildman–Crippen LogP) is 12.1. The smallest absolute Gasteiger partial charge is 0.297 e. The maximum Gasteiger partial charge on any atom is 0.297 e. The van der Waals surface area contributed by atoms with Crippen LogP contribution in [0.2, 0.25) is 10.0 Å². The molecule has 2 saturated heterocycles. The first-order valence-corrected chi connectivity index (χ1v) is 50.1. The number of carbonyl (C=O) groups is 8. The van der Waals surface area contributed by atoms with Crippen LogP contribution in [0.4, 0.5) is 0 Å². The van der Waals surface area contributed by atoms with Gasteiger partial charge in [-0.1, -0.05) is 89.1 Å². The number of pyridine rings is 2. The normalized spacial score (nSPS) is 24.9. The van der Waals surface area contributed by atoms with Gasteiger partial charge in [-0.3, -0.25) is 61.4 Å². The number of nitrogens with one attached hydrogen (secondary N) is 4. The first-order chi connectivity index (χ1) is 61.1. The average molecular weight is 2010 g/mol. The molecule has 6 fully saturated rings. The topological polar surface area (TPSA) is 418 Å². The molecule has 130 heavy (non-hydrogen) atoms. The molecule has 15 rings (SSSR count). The molecule has 4 aliphatic heterocycles. The Morgan fingerprint density at radius 3 is 1.65 bits per heavy atom. The molecule has 4 aromatic heterocycles. The number of hydrogen-bond donors (Lipinski definition) is 4. The van der Waals surface area contributed by atoms with Gasteiger partial charge in [-0.05, 0) is 205 Å². The average Bonchev–Trinajstić information content (AvgIpc) is 1.55. The fourth-order valence-electron chi connectivity index (χ4n) is 17.1. The molecule has 39 heteroatoms. The van der Waals surface area contributed by atoms with Crippen LogP contribution < -0.4 is 44.5 Å². The molecular formula is C91H112BrCl2GaN11O21S3. The summed E-state index contributed by atoms with van der Waals surface area (Å²) in [5, 5.41) is 15.8. The Kier molecular flexibility index (Phi) is 31.8. The number of nitrogens with zero attached hydrogens (tertiary/aromatic N) is 7. The van der Waals surface area contributed by atoms with E-state index in [1.807, 2.05) is 65.8 Å². The number of carbonyl (C=O) groups excluding carboxylic acids is 8. The molecule has 0 unspecified atom stereocenters. The summed E-state index contributed by atoms with van der Waals surface area (Å²) in [7, 11) is -8.68. The van der Waals surface area contributed by atoms with E-state index in [-0.39, 0.29) is 128 Å². The van der Waals surface area contributed by atoms with Gasteiger partial charge in [0.15, 0.2) is 38.5 Å². The van der Waals surface area contributed by atoms with Gasteiger partial charge in [0.2, 0.25) is 33.6 Å². The van der Waals surface area contributed by atoms with Crippen LogP contribution in [-0.2, 0) is 77.0 Å². The fraction of sp³-hybridized carbons (Fsp3) is 0.538. The van der Waals surface area contributed by atoms with Crippen molar-refractivity contribution < 1.29 is 91.5 Å². The molecule has 0 spiro atoms. The van der Waals surface area contributed by atoms with Crippen molar-refractivity contribution in [2.45, 2.75) is 247 Å². The van der Waals surface area contributed by atoms with Crippen molar-refractivity contribution in [3.05, 3.63) is 146 Å². The predicted molar refractivity (Wildman–Crippen MR) is 492 cm³/mol. The first kappa shape index (κ1) is 100. The maximum absolute atomic E-state index is 14.8. The summed E-state index contributed by atoms with van der Waals surface area (Å²) in [6, 6.07) is 14.6. The molecular weight excluding hydrogens is 1900 g/mol. The number of aromatic amines is 1. The van der Waals surface area contributed by atoms with Gasteiger partial charge in [-0.15, -0.1) is 0 Å². The zero-order valence-electron chi connectivity index (χ0n) is 74.5. The monoisotopic (exact) mass is 2010 g/mol. The SMILES string of the molecule is CCOc1ccc2c(=O)cc(OC(C)C)[nH]c2c1Cl.CCOc1ccc2c(O[C@@H]3C[C@H]4C(=O)C[C@]5(C(=O)CS(=O)(=O)C6(C)CC6)C[C@H]5/C=C\CCCCC[C@H](NC(=O)c5ccn(C)n5)C(=O)N4C3)cc(OC(C)C)nc2c1Cl.Cn1ccc(C(=O)N[C@H]2CCCCC/C=C\[C@@H]3C[C@@]3(C(=O)NS(=O)(=O)C3(C)CC3)CC(=O)[C@@H]3C[C@H](OS(=O)(=O)c4ccc(Br)cc4)CN3C2=O)n1.[Ga]. The molecule has 10 atom stereocenters. The van der Waals surface area contributed by atoms with Crippen molar-refractivity contribution in [3.63, 3.8) is 0 Å². The number of ketones is 3. The summed E-state index contributed by atoms with van der Waals surface area (Å²) in [5.41, 5.74) is -1.48. The number of halogens is 3. The van der Waals surface area contributed by atoms with Gasteiger partial charge >= 0.3 is 0 Å². The zero-order chi connectivity index (χ0) is 93.0. The van der Waals surface area contributed by atoms with Crippen molar-refractivity contribution in [2.75, 3.05) is 32.1 Å². The van der Waals surface area contributed by atoms with Crippen LogP contribution in [0.3, 0.4) is 0 Å². The van der Waals surface area contributed by atoms with E-state index >= 15 is 0 Å². The minimum absolute atomic E-state index is 0. The van der Waals surface area contributed by atoms with E-state index in [1.165, 1.54) is 43.4 Å². The Morgan fingerprint density at radius 1 is 0.615 bits per heavy atom. The Hall–Kier alpha value is -8.95. The molecule has 5 amide bonds. The molecule has 4 aliphatic carbocycles. The van der Waals surface area contributed by atoms with Gasteiger partial charge in [0, 0.05) is 111 Å². The number of rotatable bonds is 24. The zero-order valence-corrected chi connectivity index (χ0v) is 82.5. The summed E-state index contributed by atoms with van der Waals surface area (Å²) >= 11 is 16.3. The minimum Gasteiger partial charge on any atom is -0.492 e. The number of benzene rings is 3. The fourth-order valence-corrected chi connectivity index (χ4v) is 22.0. The molecule has 699 valence electrons. The molecule has 0 bridgehead atoms. The van der Waals surface area contributed by atoms with Gasteiger partial charge in [0.05, 0.1) is 75.5 Å². The summed E-state index contributed by atoms with van der Waals surface area (Å²) in [4.78, 5) is 135. The van der Waals surface area contributed by atoms with Crippen molar-refractivity contribution >= 4 is 158 Å². The maximum atomic E-state index is 14.8. The molecule has 32 nitrogen and oxygen atoms in total. The van der Waals surface area contributed by atoms with Crippen molar-refractivity contribution in [1.82, 2.24) is 54.7 Å². The van der Waals surface area contributed by atoms with Crippen LogP contribution in [0.15, 0.2) is 124 Å². The van der Waals surface area contributed by atoms with Crippen molar-refractivity contribution in [1.29, 1.82) is 0 Å². The third kappa shape index (κ3) is 23.1. The van der Waals surface area contributed by atoms with E-state index in [1.54, 1.807) is 88.9 Å². The molecule has 4 saturated carbocycles. The van der Waals surface area contributed by atoms with Crippen LogP contribution in [0.25, 0.3) is 21.8 Å². The summed E-state index contributed by atoms with van der Waals surface area (Å²) in [6.45, 7) is 15.1.